The molecular weight excluding hydrogens is 270 g/mol. The molecule has 0 bridgehead atoms. The van der Waals surface area contributed by atoms with Gasteiger partial charge in [-0.05, 0) is 32.4 Å². The minimum absolute atomic E-state index is 0.351. The van der Waals surface area contributed by atoms with E-state index >= 15 is 0 Å². The maximum absolute atomic E-state index is 11.1. The van der Waals surface area contributed by atoms with Gasteiger partial charge in [-0.3, -0.25) is 4.21 Å². The van der Waals surface area contributed by atoms with E-state index in [0.29, 0.717) is 6.04 Å². The van der Waals surface area contributed by atoms with Gasteiger partial charge < -0.3 is 9.88 Å². The zero-order valence-electron chi connectivity index (χ0n) is 12.4. The van der Waals surface area contributed by atoms with Crippen LogP contribution in [-0.4, -0.2) is 31.8 Å². The highest BCUT2D eigenvalue weighted by Gasteiger charge is 2.10. The first-order valence-electron chi connectivity index (χ1n) is 7.09. The van der Waals surface area contributed by atoms with Gasteiger partial charge in [0.1, 0.15) is 5.82 Å². The topological polar surface area (TPSA) is 46.9 Å². The molecule has 0 amide bonds. The summed E-state index contributed by atoms with van der Waals surface area (Å²) < 4.78 is 13.4. The first kappa shape index (κ1) is 15.2. The SMILES string of the molecule is CCn1c(CNC(C)CCS(C)=O)nc2ccccc21. The van der Waals surface area contributed by atoms with Gasteiger partial charge in [0.25, 0.3) is 0 Å². The first-order valence-corrected chi connectivity index (χ1v) is 8.82. The smallest absolute Gasteiger partial charge is 0.123 e. The third kappa shape index (κ3) is 3.67. The minimum atomic E-state index is -0.713. The molecule has 0 spiro atoms. The van der Waals surface area contributed by atoms with Crippen LogP contribution in [0.25, 0.3) is 11.0 Å². The molecule has 0 radical (unpaired) electrons. The Morgan fingerprint density at radius 1 is 1.40 bits per heavy atom. The molecule has 2 rings (SSSR count). The minimum Gasteiger partial charge on any atom is -0.327 e. The summed E-state index contributed by atoms with van der Waals surface area (Å²) in [7, 11) is -0.713. The second kappa shape index (κ2) is 6.99. The fourth-order valence-corrected chi connectivity index (χ4v) is 3.01. The van der Waals surface area contributed by atoms with Crippen molar-refractivity contribution in [1.29, 1.82) is 0 Å². The molecule has 0 aliphatic heterocycles. The van der Waals surface area contributed by atoms with Crippen LogP contribution < -0.4 is 5.32 Å². The van der Waals surface area contributed by atoms with Crippen LogP contribution in [-0.2, 0) is 23.9 Å². The van der Waals surface area contributed by atoms with Crippen molar-refractivity contribution in [2.45, 2.75) is 39.4 Å². The van der Waals surface area contributed by atoms with Crippen molar-refractivity contribution in [3.63, 3.8) is 0 Å². The van der Waals surface area contributed by atoms with E-state index in [1.165, 1.54) is 5.52 Å². The molecule has 5 heteroatoms. The Morgan fingerprint density at radius 2 is 2.15 bits per heavy atom. The Labute approximate surface area is 123 Å². The van der Waals surface area contributed by atoms with Crippen molar-refractivity contribution >= 4 is 21.8 Å². The largest absolute Gasteiger partial charge is 0.327 e. The third-order valence-corrected chi connectivity index (χ3v) is 4.31. The third-order valence-electron chi connectivity index (χ3n) is 3.50. The molecule has 0 fully saturated rings. The normalized spacial score (nSPS) is 14.6. The summed E-state index contributed by atoms with van der Waals surface area (Å²) in [5.41, 5.74) is 2.24. The maximum Gasteiger partial charge on any atom is 0.123 e. The molecule has 2 unspecified atom stereocenters. The Balaban J connectivity index is 2.04. The summed E-state index contributed by atoms with van der Waals surface area (Å²) in [5, 5.41) is 3.47. The summed E-state index contributed by atoms with van der Waals surface area (Å²) in [5.74, 6) is 1.82. The van der Waals surface area contributed by atoms with Crippen molar-refractivity contribution < 1.29 is 4.21 Å². The molecule has 110 valence electrons. The Morgan fingerprint density at radius 3 is 2.85 bits per heavy atom. The van der Waals surface area contributed by atoms with Gasteiger partial charge in [0.2, 0.25) is 0 Å². The predicted molar refractivity (Wildman–Crippen MR) is 85.3 cm³/mol. The molecule has 20 heavy (non-hydrogen) atoms. The highest BCUT2D eigenvalue weighted by atomic mass is 32.2. The zero-order chi connectivity index (χ0) is 14.5. The number of aryl methyl sites for hydroxylation is 1. The summed E-state index contributed by atoms with van der Waals surface area (Å²) in [6, 6.07) is 8.58. The molecule has 1 N–H and O–H groups in total. The van der Waals surface area contributed by atoms with Crippen molar-refractivity contribution in [2.75, 3.05) is 12.0 Å². The van der Waals surface area contributed by atoms with E-state index in [1.54, 1.807) is 6.26 Å². The average molecular weight is 293 g/mol. The van der Waals surface area contributed by atoms with Crippen molar-refractivity contribution in [1.82, 2.24) is 14.9 Å². The summed E-state index contributed by atoms with van der Waals surface area (Å²) >= 11 is 0. The molecule has 0 saturated heterocycles. The van der Waals surface area contributed by atoms with Gasteiger partial charge in [-0.25, -0.2) is 4.98 Å². The van der Waals surface area contributed by atoms with Gasteiger partial charge in [0, 0.05) is 35.4 Å². The Kier molecular flexibility index (Phi) is 5.31. The van der Waals surface area contributed by atoms with Gasteiger partial charge in [-0.2, -0.15) is 0 Å². The molecule has 0 aliphatic rings. The number of aromatic nitrogens is 2. The lowest BCUT2D eigenvalue weighted by molar-refractivity contribution is 0.513. The molecular formula is C15H23N3OS. The highest BCUT2D eigenvalue weighted by molar-refractivity contribution is 7.84. The van der Waals surface area contributed by atoms with Crippen LogP contribution in [0.4, 0.5) is 0 Å². The molecule has 0 aliphatic carbocycles. The molecule has 1 heterocycles. The number of rotatable bonds is 7. The van der Waals surface area contributed by atoms with E-state index in [-0.39, 0.29) is 0 Å². The van der Waals surface area contributed by atoms with Gasteiger partial charge in [0.15, 0.2) is 0 Å². The number of nitrogens with one attached hydrogen (secondary N) is 1. The van der Waals surface area contributed by atoms with E-state index in [9.17, 15) is 4.21 Å². The van der Waals surface area contributed by atoms with Gasteiger partial charge in [-0.15, -0.1) is 0 Å². The number of benzene rings is 1. The first-order chi connectivity index (χ1) is 9.61. The molecule has 1 aromatic carbocycles. The van der Waals surface area contributed by atoms with E-state index in [1.807, 2.05) is 12.1 Å². The summed E-state index contributed by atoms with van der Waals surface area (Å²) in [4.78, 5) is 4.69. The predicted octanol–water partition coefficient (Wildman–Crippen LogP) is 2.30. The molecule has 2 atom stereocenters. The number of imidazole rings is 1. The quantitative estimate of drug-likeness (QED) is 0.852. The van der Waals surface area contributed by atoms with E-state index in [0.717, 1.165) is 36.6 Å². The summed E-state index contributed by atoms with van der Waals surface area (Å²) in [6.45, 7) is 5.94. The fraction of sp³-hybridized carbons (Fsp3) is 0.533. The van der Waals surface area contributed by atoms with Crippen LogP contribution in [0.2, 0.25) is 0 Å². The van der Waals surface area contributed by atoms with E-state index in [4.69, 9.17) is 4.98 Å². The van der Waals surface area contributed by atoms with Crippen LogP contribution in [0.1, 0.15) is 26.1 Å². The second-order valence-corrected chi connectivity index (χ2v) is 6.66. The standard InChI is InChI=1S/C15H23N3OS/c1-4-18-14-8-6-5-7-13(14)17-15(18)11-16-12(2)9-10-20(3)19/h5-8,12,16H,4,9-11H2,1-3H3. The van der Waals surface area contributed by atoms with Gasteiger partial charge in [-0.1, -0.05) is 12.1 Å². The molecule has 2 aromatic rings. The van der Waals surface area contributed by atoms with E-state index < -0.39 is 10.8 Å². The molecule has 1 aromatic heterocycles. The van der Waals surface area contributed by atoms with Crippen molar-refractivity contribution in [3.05, 3.63) is 30.1 Å². The summed E-state index contributed by atoms with van der Waals surface area (Å²) in [6.07, 6.45) is 2.68. The Hall–Kier alpha value is -1.20. The molecule has 4 nitrogen and oxygen atoms in total. The van der Waals surface area contributed by atoms with Crippen LogP contribution in [0.3, 0.4) is 0 Å². The Bertz CT molecular complexity index is 594. The second-order valence-electron chi connectivity index (χ2n) is 5.11. The van der Waals surface area contributed by atoms with Gasteiger partial charge in [0.05, 0.1) is 17.6 Å². The average Bonchev–Trinajstić information content (AvgIpc) is 2.80. The lowest BCUT2D eigenvalue weighted by atomic mass is 10.2. The maximum atomic E-state index is 11.1. The van der Waals surface area contributed by atoms with Crippen molar-refractivity contribution in [2.24, 2.45) is 0 Å². The highest BCUT2D eigenvalue weighted by Crippen LogP contribution is 2.15. The lowest BCUT2D eigenvalue weighted by Gasteiger charge is -2.13. The van der Waals surface area contributed by atoms with Crippen molar-refractivity contribution in [3.8, 4) is 0 Å². The fourth-order valence-electron chi connectivity index (χ4n) is 2.32. The van der Waals surface area contributed by atoms with Crippen LogP contribution in [0.15, 0.2) is 24.3 Å². The molecule has 0 saturated carbocycles. The van der Waals surface area contributed by atoms with E-state index in [2.05, 4.69) is 35.9 Å². The van der Waals surface area contributed by atoms with Crippen LogP contribution in [0.5, 0.6) is 0 Å². The van der Waals surface area contributed by atoms with Crippen LogP contribution >= 0.6 is 0 Å². The monoisotopic (exact) mass is 293 g/mol. The number of para-hydroxylation sites is 2. The number of hydrogen-bond acceptors (Lipinski definition) is 3. The zero-order valence-corrected chi connectivity index (χ0v) is 13.2. The number of hydrogen-bond donors (Lipinski definition) is 1. The number of nitrogens with zero attached hydrogens (tertiary/aromatic N) is 2. The van der Waals surface area contributed by atoms with Crippen LogP contribution in [0, 0.1) is 0 Å². The van der Waals surface area contributed by atoms with Gasteiger partial charge >= 0.3 is 0 Å². The number of fused-ring (bicyclic) bond motifs is 1. The lowest BCUT2D eigenvalue weighted by Crippen LogP contribution is -2.28.